The normalized spacial score (nSPS) is 10.6. The van der Waals surface area contributed by atoms with Crippen molar-refractivity contribution in [2.75, 3.05) is 11.1 Å². The molecule has 25 heavy (non-hydrogen) atoms. The van der Waals surface area contributed by atoms with E-state index in [-0.39, 0.29) is 11.7 Å². The quantitative estimate of drug-likeness (QED) is 0.516. The summed E-state index contributed by atoms with van der Waals surface area (Å²) in [4.78, 5) is 17.5. The summed E-state index contributed by atoms with van der Waals surface area (Å²) in [5.74, 6) is 0.0829. The average molecular weight is 369 g/mol. The van der Waals surface area contributed by atoms with Crippen LogP contribution in [0.15, 0.2) is 50.9 Å². The molecule has 5 nitrogen and oxygen atoms in total. The number of anilines is 1. The summed E-state index contributed by atoms with van der Waals surface area (Å²) in [7, 11) is 0. The van der Waals surface area contributed by atoms with Crippen molar-refractivity contribution in [3.05, 3.63) is 47.5 Å². The highest BCUT2D eigenvalue weighted by atomic mass is 32.2. The second-order valence-electron chi connectivity index (χ2n) is 5.41. The zero-order chi connectivity index (χ0) is 17.8. The first-order chi connectivity index (χ1) is 12.1. The van der Waals surface area contributed by atoms with Crippen molar-refractivity contribution in [3.8, 4) is 5.40 Å². The molecule has 1 aromatic heterocycles. The molecule has 3 aromatic rings. The number of aryl methyl sites for hydroxylation is 2. The van der Waals surface area contributed by atoms with Crippen LogP contribution in [0.2, 0.25) is 0 Å². The Morgan fingerprint density at radius 3 is 2.68 bits per heavy atom. The molecule has 0 fully saturated rings. The Bertz CT molecular complexity index is 920. The molecule has 0 aliphatic heterocycles. The number of para-hydroxylation sites is 2. The SMILES string of the molecule is Cc1cc(SC#N)cc(C)c1NC(=O)CSc1nc2ccccc2o1. The molecular formula is C18H15N3O2S2. The lowest BCUT2D eigenvalue weighted by Crippen LogP contribution is -2.15. The number of thiocyanates is 1. The van der Waals surface area contributed by atoms with Crippen LogP contribution < -0.4 is 5.32 Å². The van der Waals surface area contributed by atoms with Gasteiger partial charge in [0.15, 0.2) is 5.58 Å². The number of hydrogen-bond donors (Lipinski definition) is 1. The standard InChI is InChI=1S/C18H15N3O2S2/c1-11-7-13(25-10-19)8-12(2)17(11)21-16(22)9-24-18-20-14-5-3-4-6-15(14)23-18/h3-8H,9H2,1-2H3,(H,21,22). The topological polar surface area (TPSA) is 78.9 Å². The third-order valence-corrected chi connectivity index (χ3v) is 4.93. The molecular weight excluding hydrogens is 354 g/mol. The van der Waals surface area contributed by atoms with Crippen molar-refractivity contribution in [3.63, 3.8) is 0 Å². The first-order valence-corrected chi connectivity index (χ1v) is 9.32. The second kappa shape index (κ2) is 7.64. The van der Waals surface area contributed by atoms with Gasteiger partial charge >= 0.3 is 0 Å². The van der Waals surface area contributed by atoms with Gasteiger partial charge in [-0.05, 0) is 61.0 Å². The molecule has 7 heteroatoms. The van der Waals surface area contributed by atoms with Gasteiger partial charge in [0.2, 0.25) is 5.91 Å². The number of oxazole rings is 1. The molecule has 1 amide bonds. The smallest absolute Gasteiger partial charge is 0.257 e. The first kappa shape index (κ1) is 17.4. The molecule has 1 heterocycles. The monoisotopic (exact) mass is 369 g/mol. The van der Waals surface area contributed by atoms with E-state index in [4.69, 9.17) is 9.68 Å². The largest absolute Gasteiger partial charge is 0.431 e. The number of rotatable bonds is 5. The molecule has 0 saturated heterocycles. The fourth-order valence-corrected chi connectivity index (χ4v) is 3.66. The maximum Gasteiger partial charge on any atom is 0.257 e. The van der Waals surface area contributed by atoms with Crippen molar-refractivity contribution >= 4 is 46.2 Å². The molecule has 0 atom stereocenters. The average Bonchev–Trinajstić information content (AvgIpc) is 2.99. The number of thioether (sulfide) groups is 2. The second-order valence-corrected chi connectivity index (χ2v) is 7.19. The minimum Gasteiger partial charge on any atom is -0.431 e. The van der Waals surface area contributed by atoms with Gasteiger partial charge in [0.25, 0.3) is 5.22 Å². The Hall–Kier alpha value is -2.43. The van der Waals surface area contributed by atoms with Gasteiger partial charge < -0.3 is 9.73 Å². The van der Waals surface area contributed by atoms with Crippen LogP contribution in [-0.4, -0.2) is 16.6 Å². The van der Waals surface area contributed by atoms with E-state index in [9.17, 15) is 4.79 Å². The minimum absolute atomic E-state index is 0.126. The van der Waals surface area contributed by atoms with Crippen LogP contribution in [0.5, 0.6) is 0 Å². The highest BCUT2D eigenvalue weighted by Crippen LogP contribution is 2.28. The van der Waals surface area contributed by atoms with Crippen LogP contribution in [0.25, 0.3) is 11.1 Å². The van der Waals surface area contributed by atoms with E-state index < -0.39 is 0 Å². The number of nitriles is 1. The minimum atomic E-state index is -0.126. The number of nitrogens with one attached hydrogen (secondary N) is 1. The summed E-state index contributed by atoms with van der Waals surface area (Å²) < 4.78 is 5.60. The Morgan fingerprint density at radius 1 is 1.28 bits per heavy atom. The zero-order valence-electron chi connectivity index (χ0n) is 13.7. The number of amides is 1. The van der Waals surface area contributed by atoms with E-state index in [2.05, 4.69) is 15.7 Å². The Labute approximate surface area is 153 Å². The third kappa shape index (κ3) is 4.16. The van der Waals surface area contributed by atoms with E-state index in [0.29, 0.717) is 10.8 Å². The van der Waals surface area contributed by atoms with E-state index in [1.54, 1.807) is 0 Å². The molecule has 0 aliphatic carbocycles. The number of nitrogens with zero attached hydrogens (tertiary/aromatic N) is 2. The fraction of sp³-hybridized carbons (Fsp3) is 0.167. The fourth-order valence-electron chi connectivity index (χ4n) is 2.45. The van der Waals surface area contributed by atoms with Crippen molar-refractivity contribution in [1.82, 2.24) is 4.98 Å². The molecule has 1 N–H and O–H groups in total. The Kier molecular flexibility index (Phi) is 5.31. The van der Waals surface area contributed by atoms with Gasteiger partial charge in [-0.15, -0.1) is 0 Å². The van der Waals surface area contributed by atoms with Gasteiger partial charge in [-0.2, -0.15) is 5.26 Å². The Morgan fingerprint density at radius 2 is 2.00 bits per heavy atom. The maximum absolute atomic E-state index is 12.3. The summed E-state index contributed by atoms with van der Waals surface area (Å²) in [5, 5.41) is 14.2. The number of fused-ring (bicyclic) bond motifs is 1. The molecule has 2 aromatic carbocycles. The molecule has 3 rings (SSSR count). The molecule has 0 radical (unpaired) electrons. The van der Waals surface area contributed by atoms with Crippen LogP contribution in [0.4, 0.5) is 5.69 Å². The van der Waals surface area contributed by atoms with Gasteiger partial charge in [-0.3, -0.25) is 4.79 Å². The molecule has 126 valence electrons. The highest BCUT2D eigenvalue weighted by molar-refractivity contribution is 8.03. The summed E-state index contributed by atoms with van der Waals surface area (Å²) in [6, 6.07) is 11.3. The maximum atomic E-state index is 12.3. The number of benzene rings is 2. The number of carbonyl (C=O) groups is 1. The van der Waals surface area contributed by atoms with Crippen LogP contribution >= 0.6 is 23.5 Å². The molecule has 0 spiro atoms. The van der Waals surface area contributed by atoms with Crippen LogP contribution in [0.3, 0.4) is 0 Å². The predicted molar refractivity (Wildman–Crippen MR) is 101 cm³/mol. The van der Waals surface area contributed by atoms with Crippen LogP contribution in [0, 0.1) is 24.5 Å². The van der Waals surface area contributed by atoms with E-state index >= 15 is 0 Å². The first-order valence-electron chi connectivity index (χ1n) is 7.52. The van der Waals surface area contributed by atoms with Gasteiger partial charge in [0.05, 0.1) is 5.75 Å². The van der Waals surface area contributed by atoms with Crippen LogP contribution in [-0.2, 0) is 4.79 Å². The zero-order valence-corrected chi connectivity index (χ0v) is 15.3. The lowest BCUT2D eigenvalue weighted by molar-refractivity contribution is -0.113. The van der Waals surface area contributed by atoms with Gasteiger partial charge in [0.1, 0.15) is 10.9 Å². The summed E-state index contributed by atoms with van der Waals surface area (Å²) >= 11 is 2.37. The van der Waals surface area contributed by atoms with Crippen molar-refractivity contribution in [2.24, 2.45) is 0 Å². The summed E-state index contributed by atoms with van der Waals surface area (Å²) in [5.41, 5.74) is 4.13. The molecule has 0 bridgehead atoms. The molecule has 0 saturated carbocycles. The molecule has 0 unspecified atom stereocenters. The molecule has 0 aliphatic rings. The summed E-state index contributed by atoms with van der Waals surface area (Å²) in [6.45, 7) is 3.83. The van der Waals surface area contributed by atoms with Crippen molar-refractivity contribution < 1.29 is 9.21 Å². The van der Waals surface area contributed by atoms with E-state index in [0.717, 1.165) is 39.0 Å². The van der Waals surface area contributed by atoms with Crippen LogP contribution in [0.1, 0.15) is 11.1 Å². The number of aromatic nitrogens is 1. The van der Waals surface area contributed by atoms with Gasteiger partial charge in [-0.1, -0.05) is 23.9 Å². The highest BCUT2D eigenvalue weighted by Gasteiger charge is 2.12. The number of carbonyl (C=O) groups excluding carboxylic acids is 1. The van der Waals surface area contributed by atoms with E-state index in [1.807, 2.05) is 50.2 Å². The lowest BCUT2D eigenvalue weighted by atomic mass is 10.1. The predicted octanol–water partition coefficient (Wildman–Crippen LogP) is 4.75. The van der Waals surface area contributed by atoms with Gasteiger partial charge in [0, 0.05) is 10.6 Å². The third-order valence-electron chi connectivity index (χ3n) is 3.54. The number of hydrogen-bond acceptors (Lipinski definition) is 6. The van der Waals surface area contributed by atoms with E-state index in [1.165, 1.54) is 11.8 Å². The van der Waals surface area contributed by atoms with Gasteiger partial charge in [-0.25, -0.2) is 4.98 Å². The Balaban J connectivity index is 1.65. The summed E-state index contributed by atoms with van der Waals surface area (Å²) in [6.07, 6.45) is 0. The lowest BCUT2D eigenvalue weighted by Gasteiger charge is -2.12. The van der Waals surface area contributed by atoms with Crippen molar-refractivity contribution in [2.45, 2.75) is 24.0 Å². The van der Waals surface area contributed by atoms with Crippen molar-refractivity contribution in [1.29, 1.82) is 5.26 Å².